The number of nitrogens with one attached hydrogen (secondary N) is 1. The molecule has 0 saturated heterocycles. The highest BCUT2D eigenvalue weighted by atomic mass is 32.2. The number of carbonyl (C=O) groups is 3. The summed E-state index contributed by atoms with van der Waals surface area (Å²) in [5, 5.41) is 12.5. The van der Waals surface area contributed by atoms with Gasteiger partial charge in [0.25, 0.3) is 0 Å². The fraction of sp³-hybridized carbons (Fsp3) is 0.227. The zero-order valence-corrected chi connectivity index (χ0v) is 18.5. The Hall–Kier alpha value is -3.66. The number of esters is 1. The lowest BCUT2D eigenvalue weighted by atomic mass is 10.1. The largest absolute Gasteiger partial charge is 0.462 e. The number of para-hydroxylation sites is 1. The molecule has 0 radical (unpaired) electrons. The number of benzene rings is 1. The molecule has 0 spiro atoms. The Morgan fingerprint density at radius 1 is 1.12 bits per heavy atom. The van der Waals surface area contributed by atoms with Crippen molar-refractivity contribution < 1.29 is 23.5 Å². The molecule has 0 atom stereocenters. The second-order valence-corrected chi connectivity index (χ2v) is 7.86. The third-order valence-corrected chi connectivity index (χ3v) is 5.68. The van der Waals surface area contributed by atoms with E-state index in [0.29, 0.717) is 10.8 Å². The van der Waals surface area contributed by atoms with Crippen LogP contribution < -0.4 is 5.32 Å². The molecule has 3 aromatic heterocycles. The van der Waals surface area contributed by atoms with E-state index in [1.165, 1.54) is 18.7 Å². The van der Waals surface area contributed by atoms with Gasteiger partial charge in [-0.3, -0.25) is 19.3 Å². The van der Waals surface area contributed by atoms with Crippen molar-refractivity contribution in [1.82, 2.24) is 14.6 Å². The molecule has 4 rings (SSSR count). The summed E-state index contributed by atoms with van der Waals surface area (Å²) in [6.07, 6.45) is 0. The molecule has 1 aromatic carbocycles. The highest BCUT2D eigenvalue weighted by Gasteiger charge is 2.28. The molecule has 32 heavy (non-hydrogen) atoms. The number of hydrogen-bond acceptors (Lipinski definition) is 8. The molecule has 164 valence electrons. The van der Waals surface area contributed by atoms with E-state index in [2.05, 4.69) is 15.5 Å². The summed E-state index contributed by atoms with van der Waals surface area (Å²) in [7, 11) is 0. The standard InChI is InChI=1S/C22H20N4O5S/c1-4-30-21(29)19-18(12(2)27)13(3)31-20(19)23-17(28)11-32-22-25-24-16-10-9-14-7-5-6-8-15(14)26(16)22/h5-10H,4,11H2,1-3H3,(H,23,28). The number of furan rings is 1. The van der Waals surface area contributed by atoms with Crippen molar-refractivity contribution in [2.45, 2.75) is 25.9 Å². The molecule has 0 aliphatic rings. The lowest BCUT2D eigenvalue weighted by molar-refractivity contribution is -0.113. The van der Waals surface area contributed by atoms with E-state index in [1.54, 1.807) is 13.8 Å². The third-order valence-electron chi connectivity index (χ3n) is 4.75. The predicted molar refractivity (Wildman–Crippen MR) is 119 cm³/mol. The van der Waals surface area contributed by atoms with Crippen LogP contribution >= 0.6 is 11.8 Å². The minimum absolute atomic E-state index is 0.0125. The maximum absolute atomic E-state index is 12.6. The summed E-state index contributed by atoms with van der Waals surface area (Å²) < 4.78 is 12.4. The number of aryl methyl sites for hydroxylation is 1. The number of pyridine rings is 1. The smallest absolute Gasteiger partial charge is 0.344 e. The van der Waals surface area contributed by atoms with Gasteiger partial charge in [0.2, 0.25) is 11.8 Å². The molecular formula is C22H20N4O5S. The zero-order valence-electron chi connectivity index (χ0n) is 17.7. The molecule has 0 unspecified atom stereocenters. The Bertz CT molecular complexity index is 1360. The van der Waals surface area contributed by atoms with Gasteiger partial charge >= 0.3 is 5.97 Å². The molecule has 1 amide bonds. The molecule has 10 heteroatoms. The van der Waals surface area contributed by atoms with Crippen LogP contribution in [0.5, 0.6) is 0 Å². The van der Waals surface area contributed by atoms with Crippen molar-refractivity contribution in [2.75, 3.05) is 17.7 Å². The third kappa shape index (κ3) is 3.96. The molecule has 9 nitrogen and oxygen atoms in total. The van der Waals surface area contributed by atoms with E-state index < -0.39 is 11.9 Å². The van der Waals surface area contributed by atoms with Crippen LogP contribution in [0.4, 0.5) is 5.88 Å². The Morgan fingerprint density at radius 3 is 2.66 bits per heavy atom. The van der Waals surface area contributed by atoms with Crippen molar-refractivity contribution in [2.24, 2.45) is 0 Å². The van der Waals surface area contributed by atoms with E-state index in [-0.39, 0.29) is 40.9 Å². The number of Topliss-reactive ketones (excluding diaryl/α,β-unsaturated/α-hetero) is 1. The Labute approximate surface area is 187 Å². The van der Waals surface area contributed by atoms with E-state index in [4.69, 9.17) is 9.15 Å². The number of amides is 1. The number of anilines is 1. The summed E-state index contributed by atoms with van der Waals surface area (Å²) in [5.41, 5.74) is 1.62. The first-order chi connectivity index (χ1) is 15.4. The minimum atomic E-state index is -0.729. The van der Waals surface area contributed by atoms with Gasteiger partial charge in [-0.05, 0) is 44.4 Å². The van der Waals surface area contributed by atoms with Crippen molar-refractivity contribution >= 4 is 51.9 Å². The number of ether oxygens (including phenoxy) is 1. The average molecular weight is 452 g/mol. The molecule has 0 aliphatic heterocycles. The van der Waals surface area contributed by atoms with Crippen LogP contribution in [0.3, 0.4) is 0 Å². The zero-order chi connectivity index (χ0) is 22.8. The molecule has 3 heterocycles. The second-order valence-electron chi connectivity index (χ2n) is 6.92. The number of ketones is 1. The van der Waals surface area contributed by atoms with Crippen LogP contribution in [0.25, 0.3) is 16.6 Å². The number of fused-ring (bicyclic) bond motifs is 3. The van der Waals surface area contributed by atoms with Crippen molar-refractivity contribution in [3.05, 3.63) is 53.3 Å². The lowest BCUT2D eigenvalue weighted by Gasteiger charge is -2.06. The molecule has 0 fully saturated rings. The SMILES string of the molecule is CCOC(=O)c1c(NC(=O)CSc2nnc3ccc4ccccc4n23)oc(C)c1C(C)=O. The van der Waals surface area contributed by atoms with Crippen molar-refractivity contribution in [1.29, 1.82) is 0 Å². The van der Waals surface area contributed by atoms with Gasteiger partial charge in [-0.25, -0.2) is 4.79 Å². The van der Waals surface area contributed by atoms with E-state index in [9.17, 15) is 14.4 Å². The quantitative estimate of drug-likeness (QED) is 0.255. The number of thioether (sulfide) groups is 1. The second kappa shape index (κ2) is 8.83. The topological polar surface area (TPSA) is 116 Å². The molecule has 0 aliphatic carbocycles. The Kier molecular flexibility index (Phi) is 5.95. The van der Waals surface area contributed by atoms with Gasteiger partial charge in [0.15, 0.2) is 16.6 Å². The number of carbonyl (C=O) groups excluding carboxylic acids is 3. The number of hydrogen-bond donors (Lipinski definition) is 1. The molecule has 4 aromatic rings. The fourth-order valence-corrected chi connectivity index (χ4v) is 4.20. The van der Waals surface area contributed by atoms with Gasteiger partial charge in [0, 0.05) is 0 Å². The normalized spacial score (nSPS) is 11.1. The Morgan fingerprint density at radius 2 is 1.91 bits per heavy atom. The van der Waals surface area contributed by atoms with Crippen LogP contribution in [0.15, 0.2) is 46.0 Å². The molecule has 0 bridgehead atoms. The van der Waals surface area contributed by atoms with Gasteiger partial charge in [-0.1, -0.05) is 30.0 Å². The molecular weight excluding hydrogens is 432 g/mol. The Balaban J connectivity index is 1.57. The molecule has 0 saturated carbocycles. The number of aromatic nitrogens is 3. The fourth-order valence-electron chi connectivity index (χ4n) is 3.45. The molecule has 1 N–H and O–H groups in total. The van der Waals surface area contributed by atoms with Crippen LogP contribution in [0, 0.1) is 6.92 Å². The number of rotatable bonds is 7. The van der Waals surface area contributed by atoms with Crippen LogP contribution in [-0.4, -0.2) is 44.6 Å². The summed E-state index contributed by atoms with van der Waals surface area (Å²) in [4.78, 5) is 37.0. The van der Waals surface area contributed by atoms with Crippen molar-refractivity contribution in [3.63, 3.8) is 0 Å². The summed E-state index contributed by atoms with van der Waals surface area (Å²) in [6.45, 7) is 4.65. The maximum Gasteiger partial charge on any atom is 0.344 e. The first kappa shape index (κ1) is 21.6. The minimum Gasteiger partial charge on any atom is -0.462 e. The van der Waals surface area contributed by atoms with Gasteiger partial charge in [-0.2, -0.15) is 0 Å². The van der Waals surface area contributed by atoms with E-state index in [1.807, 2.05) is 40.8 Å². The first-order valence-electron chi connectivity index (χ1n) is 9.87. The van der Waals surface area contributed by atoms with Crippen LogP contribution in [-0.2, 0) is 9.53 Å². The highest BCUT2D eigenvalue weighted by molar-refractivity contribution is 7.99. The highest BCUT2D eigenvalue weighted by Crippen LogP contribution is 2.29. The lowest BCUT2D eigenvalue weighted by Crippen LogP contribution is -2.17. The van der Waals surface area contributed by atoms with Gasteiger partial charge in [0.05, 0.1) is 23.4 Å². The summed E-state index contributed by atoms with van der Waals surface area (Å²) >= 11 is 1.19. The van der Waals surface area contributed by atoms with Gasteiger partial charge < -0.3 is 9.15 Å². The maximum atomic E-state index is 12.6. The first-order valence-corrected chi connectivity index (χ1v) is 10.9. The summed E-state index contributed by atoms with van der Waals surface area (Å²) in [6, 6.07) is 11.6. The van der Waals surface area contributed by atoms with E-state index in [0.717, 1.165) is 10.9 Å². The van der Waals surface area contributed by atoms with Crippen LogP contribution in [0.1, 0.15) is 40.3 Å². The monoisotopic (exact) mass is 452 g/mol. The average Bonchev–Trinajstić information content (AvgIpc) is 3.33. The van der Waals surface area contributed by atoms with Crippen molar-refractivity contribution in [3.8, 4) is 0 Å². The van der Waals surface area contributed by atoms with E-state index >= 15 is 0 Å². The predicted octanol–water partition coefficient (Wildman–Crippen LogP) is 3.89. The van der Waals surface area contributed by atoms with Crippen LogP contribution in [0.2, 0.25) is 0 Å². The summed E-state index contributed by atoms with van der Waals surface area (Å²) in [5.74, 6) is -1.40. The van der Waals surface area contributed by atoms with Gasteiger partial charge in [0.1, 0.15) is 11.3 Å². The number of nitrogens with zero attached hydrogens (tertiary/aromatic N) is 3. The van der Waals surface area contributed by atoms with Gasteiger partial charge in [-0.15, -0.1) is 10.2 Å².